The molecule has 96 valence electrons. The molecule has 0 saturated heterocycles. The molecule has 6 heteroatoms. The first-order valence-electron chi connectivity index (χ1n) is 5.87. The topological polar surface area (TPSA) is 52.3 Å². The predicted octanol–water partition coefficient (Wildman–Crippen LogP) is 2.40. The summed E-state index contributed by atoms with van der Waals surface area (Å²) in [5, 5.41) is 12.7. The maximum absolute atomic E-state index is 5.86. The van der Waals surface area contributed by atoms with Crippen LogP contribution in [0.1, 0.15) is 5.82 Å². The van der Waals surface area contributed by atoms with Crippen LogP contribution in [0.2, 0.25) is 5.15 Å². The van der Waals surface area contributed by atoms with E-state index in [0.717, 1.165) is 11.6 Å². The number of benzene rings is 1. The van der Waals surface area contributed by atoms with Gasteiger partial charge in [0.1, 0.15) is 10.9 Å². The lowest BCUT2D eigenvalue weighted by atomic mass is 10.3. The van der Waals surface area contributed by atoms with Gasteiger partial charge in [0.15, 0.2) is 11.5 Å². The molecule has 0 bridgehead atoms. The molecule has 3 aromatic rings. The van der Waals surface area contributed by atoms with E-state index in [-0.39, 0.29) is 0 Å². The SMILES string of the molecule is Clc1ccc2nnc(CCOc3ccccc3)n2n1. The van der Waals surface area contributed by atoms with Crippen molar-refractivity contribution in [1.82, 2.24) is 19.8 Å². The lowest BCUT2D eigenvalue weighted by molar-refractivity contribution is 0.318. The number of nitrogens with zero attached hydrogens (tertiary/aromatic N) is 4. The number of fused-ring (bicyclic) bond motifs is 1. The smallest absolute Gasteiger partial charge is 0.178 e. The lowest BCUT2D eigenvalue weighted by Crippen LogP contribution is -2.06. The highest BCUT2D eigenvalue weighted by Crippen LogP contribution is 2.10. The van der Waals surface area contributed by atoms with Crippen molar-refractivity contribution in [3.8, 4) is 5.75 Å². The van der Waals surface area contributed by atoms with Crippen LogP contribution < -0.4 is 4.74 Å². The van der Waals surface area contributed by atoms with E-state index in [1.54, 1.807) is 16.6 Å². The molecule has 0 radical (unpaired) electrons. The molecule has 19 heavy (non-hydrogen) atoms. The van der Waals surface area contributed by atoms with Crippen molar-refractivity contribution in [1.29, 1.82) is 0 Å². The summed E-state index contributed by atoms with van der Waals surface area (Å²) in [6.07, 6.45) is 0.614. The Hall–Kier alpha value is -2.14. The number of rotatable bonds is 4. The monoisotopic (exact) mass is 274 g/mol. The van der Waals surface area contributed by atoms with E-state index in [1.807, 2.05) is 30.3 Å². The molecular formula is C13H11ClN4O. The van der Waals surface area contributed by atoms with Crippen LogP contribution in [0.5, 0.6) is 5.75 Å². The fraction of sp³-hybridized carbons (Fsp3) is 0.154. The Morgan fingerprint density at radius 1 is 1.05 bits per heavy atom. The fourth-order valence-electron chi connectivity index (χ4n) is 1.74. The van der Waals surface area contributed by atoms with E-state index < -0.39 is 0 Å². The molecule has 0 saturated carbocycles. The summed E-state index contributed by atoms with van der Waals surface area (Å²) >= 11 is 5.86. The zero-order valence-electron chi connectivity index (χ0n) is 10.0. The fourth-order valence-corrected chi connectivity index (χ4v) is 1.88. The minimum absolute atomic E-state index is 0.414. The highest BCUT2D eigenvalue weighted by atomic mass is 35.5. The molecule has 3 rings (SSSR count). The predicted molar refractivity (Wildman–Crippen MR) is 71.4 cm³/mol. The average molecular weight is 275 g/mol. The molecule has 0 aliphatic rings. The van der Waals surface area contributed by atoms with Gasteiger partial charge in [-0.1, -0.05) is 29.8 Å². The van der Waals surface area contributed by atoms with Crippen LogP contribution in [-0.2, 0) is 6.42 Å². The summed E-state index contributed by atoms with van der Waals surface area (Å²) in [4.78, 5) is 0. The van der Waals surface area contributed by atoms with Gasteiger partial charge in [-0.05, 0) is 24.3 Å². The van der Waals surface area contributed by atoms with Crippen molar-refractivity contribution in [2.24, 2.45) is 0 Å². The molecule has 2 aromatic heterocycles. The third kappa shape index (κ3) is 2.66. The number of hydrogen-bond acceptors (Lipinski definition) is 4. The molecule has 0 aliphatic heterocycles. The lowest BCUT2D eigenvalue weighted by Gasteiger charge is -2.04. The molecule has 5 nitrogen and oxygen atoms in total. The molecule has 0 N–H and O–H groups in total. The van der Waals surface area contributed by atoms with E-state index in [9.17, 15) is 0 Å². The zero-order valence-corrected chi connectivity index (χ0v) is 10.8. The Morgan fingerprint density at radius 2 is 1.89 bits per heavy atom. The first kappa shape index (κ1) is 11.9. The third-order valence-corrected chi connectivity index (χ3v) is 2.83. The van der Waals surface area contributed by atoms with Crippen molar-refractivity contribution >= 4 is 17.2 Å². The standard InChI is InChI=1S/C13H11ClN4O/c14-11-6-7-12-15-16-13(18(12)17-11)8-9-19-10-4-2-1-3-5-10/h1-7H,8-9H2. The second-order valence-corrected chi connectivity index (χ2v) is 4.34. The number of aromatic nitrogens is 4. The number of ether oxygens (including phenoxy) is 1. The summed E-state index contributed by atoms with van der Waals surface area (Å²) < 4.78 is 7.25. The van der Waals surface area contributed by atoms with Crippen molar-refractivity contribution in [2.45, 2.75) is 6.42 Å². The molecule has 0 aliphatic carbocycles. The van der Waals surface area contributed by atoms with Crippen LogP contribution in [0.4, 0.5) is 0 Å². The van der Waals surface area contributed by atoms with Gasteiger partial charge in [-0.3, -0.25) is 0 Å². The second-order valence-electron chi connectivity index (χ2n) is 3.95. The van der Waals surface area contributed by atoms with Crippen LogP contribution in [0.15, 0.2) is 42.5 Å². The van der Waals surface area contributed by atoms with Crippen LogP contribution >= 0.6 is 11.6 Å². The summed E-state index contributed by atoms with van der Waals surface area (Å²) in [5.41, 5.74) is 0.680. The summed E-state index contributed by atoms with van der Waals surface area (Å²) in [7, 11) is 0. The third-order valence-electron chi connectivity index (χ3n) is 2.63. The molecular weight excluding hydrogens is 264 g/mol. The van der Waals surface area contributed by atoms with Crippen LogP contribution in [0.25, 0.3) is 5.65 Å². The zero-order chi connectivity index (χ0) is 13.1. The number of hydrogen-bond donors (Lipinski definition) is 0. The van der Waals surface area contributed by atoms with Crippen LogP contribution in [0.3, 0.4) is 0 Å². The first-order chi connectivity index (χ1) is 9.33. The molecule has 2 heterocycles. The summed E-state index contributed by atoms with van der Waals surface area (Å²) in [6, 6.07) is 13.1. The molecule has 0 amide bonds. The normalized spacial score (nSPS) is 10.8. The Balaban J connectivity index is 1.70. The van der Waals surface area contributed by atoms with E-state index in [0.29, 0.717) is 23.8 Å². The van der Waals surface area contributed by atoms with E-state index in [2.05, 4.69) is 15.3 Å². The highest BCUT2D eigenvalue weighted by molar-refractivity contribution is 6.29. The summed E-state index contributed by atoms with van der Waals surface area (Å²) in [6.45, 7) is 0.513. The minimum Gasteiger partial charge on any atom is -0.493 e. The van der Waals surface area contributed by atoms with Gasteiger partial charge >= 0.3 is 0 Å². The van der Waals surface area contributed by atoms with Gasteiger partial charge in [0.25, 0.3) is 0 Å². The first-order valence-corrected chi connectivity index (χ1v) is 6.25. The molecule has 0 unspecified atom stereocenters. The molecule has 0 fully saturated rings. The molecule has 0 spiro atoms. The van der Waals surface area contributed by atoms with Gasteiger partial charge in [-0.25, -0.2) is 0 Å². The van der Waals surface area contributed by atoms with Gasteiger partial charge in [-0.15, -0.1) is 10.2 Å². The summed E-state index contributed by atoms with van der Waals surface area (Å²) in [5.74, 6) is 1.57. The van der Waals surface area contributed by atoms with Crippen molar-refractivity contribution in [3.63, 3.8) is 0 Å². The van der Waals surface area contributed by atoms with Gasteiger partial charge in [0.05, 0.1) is 6.61 Å². The van der Waals surface area contributed by atoms with Gasteiger partial charge in [0, 0.05) is 6.42 Å². The Labute approximate surface area is 114 Å². The Morgan fingerprint density at radius 3 is 2.74 bits per heavy atom. The minimum atomic E-state index is 0.414. The van der Waals surface area contributed by atoms with E-state index in [1.165, 1.54) is 0 Å². The van der Waals surface area contributed by atoms with Crippen molar-refractivity contribution in [2.75, 3.05) is 6.61 Å². The quantitative estimate of drug-likeness (QED) is 0.733. The van der Waals surface area contributed by atoms with Crippen molar-refractivity contribution in [3.05, 3.63) is 53.4 Å². The van der Waals surface area contributed by atoms with Crippen molar-refractivity contribution < 1.29 is 4.74 Å². The number of halogens is 1. The second kappa shape index (κ2) is 5.24. The molecule has 0 atom stereocenters. The van der Waals surface area contributed by atoms with Gasteiger partial charge in [-0.2, -0.15) is 9.61 Å². The highest BCUT2D eigenvalue weighted by Gasteiger charge is 2.07. The van der Waals surface area contributed by atoms with Crippen LogP contribution in [-0.4, -0.2) is 26.4 Å². The van der Waals surface area contributed by atoms with Crippen LogP contribution in [0, 0.1) is 0 Å². The maximum atomic E-state index is 5.86. The van der Waals surface area contributed by atoms with E-state index >= 15 is 0 Å². The average Bonchev–Trinajstić information content (AvgIpc) is 2.83. The van der Waals surface area contributed by atoms with E-state index in [4.69, 9.17) is 16.3 Å². The Bertz CT molecular complexity index is 683. The Kier molecular flexibility index (Phi) is 3.29. The molecule has 1 aromatic carbocycles. The van der Waals surface area contributed by atoms with Gasteiger partial charge in [0.2, 0.25) is 0 Å². The number of para-hydroxylation sites is 1. The largest absolute Gasteiger partial charge is 0.493 e. The maximum Gasteiger partial charge on any atom is 0.178 e. The van der Waals surface area contributed by atoms with Gasteiger partial charge < -0.3 is 4.74 Å².